The van der Waals surface area contributed by atoms with Crippen molar-refractivity contribution in [2.45, 2.75) is 45.6 Å². The van der Waals surface area contributed by atoms with Gasteiger partial charge in [0.15, 0.2) is 0 Å². The molecule has 9 nitrogen and oxygen atoms in total. The van der Waals surface area contributed by atoms with E-state index in [-0.39, 0.29) is 28.5 Å². The van der Waals surface area contributed by atoms with Crippen LogP contribution in [0.25, 0.3) is 0 Å². The lowest BCUT2D eigenvalue weighted by atomic mass is 10.0. The van der Waals surface area contributed by atoms with Crippen LogP contribution in [-0.2, 0) is 27.7 Å². The molecule has 2 amide bonds. The number of benzene rings is 1. The molecule has 0 atom stereocenters. The van der Waals surface area contributed by atoms with Crippen molar-refractivity contribution in [2.24, 2.45) is 11.8 Å². The molecule has 0 radical (unpaired) electrons. The smallest absolute Gasteiger partial charge is 0.257 e. The topological polar surface area (TPSA) is 99.3 Å². The van der Waals surface area contributed by atoms with Gasteiger partial charge in [0.05, 0.1) is 23.7 Å². The van der Waals surface area contributed by atoms with Gasteiger partial charge in [0.1, 0.15) is 5.00 Å². The molecule has 2 aliphatic rings. The van der Waals surface area contributed by atoms with Gasteiger partial charge < -0.3 is 19.9 Å². The average molecular weight is 577 g/mol. The van der Waals surface area contributed by atoms with Crippen LogP contribution in [0.5, 0.6) is 0 Å². The fraction of sp³-hybridized carbons (Fsp3) is 0.571. The Morgan fingerprint density at radius 3 is 2.23 bits per heavy atom. The van der Waals surface area contributed by atoms with E-state index < -0.39 is 10.0 Å². The van der Waals surface area contributed by atoms with Gasteiger partial charge in [-0.1, -0.05) is 27.7 Å². The van der Waals surface area contributed by atoms with Gasteiger partial charge in [0.25, 0.3) is 11.8 Å². The van der Waals surface area contributed by atoms with Crippen LogP contribution in [0.4, 0.5) is 5.00 Å². The monoisotopic (exact) mass is 576 g/mol. The minimum absolute atomic E-state index is 0.0764. The number of morpholine rings is 1. The van der Waals surface area contributed by atoms with E-state index in [1.807, 2.05) is 34.7 Å². The van der Waals surface area contributed by atoms with E-state index in [0.29, 0.717) is 55.5 Å². The Labute approximate surface area is 236 Å². The number of carbonyl (C=O) groups is 2. The number of nitrogens with one attached hydrogen (secondary N) is 1. The normalized spacial score (nSPS) is 16.7. The lowest BCUT2D eigenvalue weighted by Gasteiger charge is -2.28. The second kappa shape index (κ2) is 12.5. The molecule has 0 saturated carbocycles. The summed E-state index contributed by atoms with van der Waals surface area (Å²) >= 11 is 1.45. The van der Waals surface area contributed by atoms with Crippen LogP contribution in [-0.4, -0.2) is 87.3 Å². The van der Waals surface area contributed by atoms with Crippen molar-refractivity contribution in [3.63, 3.8) is 0 Å². The molecule has 0 unspecified atom stereocenters. The van der Waals surface area contributed by atoms with E-state index in [0.717, 1.165) is 30.0 Å². The van der Waals surface area contributed by atoms with Gasteiger partial charge in [-0.3, -0.25) is 9.59 Å². The molecule has 0 aliphatic carbocycles. The minimum Gasteiger partial charge on any atom is -0.378 e. The first-order chi connectivity index (χ1) is 18.5. The summed E-state index contributed by atoms with van der Waals surface area (Å²) in [4.78, 5) is 32.1. The third kappa shape index (κ3) is 6.89. The van der Waals surface area contributed by atoms with Crippen LogP contribution >= 0.6 is 11.3 Å². The van der Waals surface area contributed by atoms with E-state index in [9.17, 15) is 18.0 Å². The number of carbonyl (C=O) groups excluding carboxylic acids is 2. The van der Waals surface area contributed by atoms with Gasteiger partial charge >= 0.3 is 0 Å². The largest absolute Gasteiger partial charge is 0.378 e. The van der Waals surface area contributed by atoms with Crippen molar-refractivity contribution in [2.75, 3.05) is 58.3 Å². The zero-order valence-corrected chi connectivity index (χ0v) is 25.2. The second-order valence-corrected chi connectivity index (χ2v) is 14.2. The Balaban J connectivity index is 1.57. The standard InChI is InChI=1S/C28H40N4O5S2/c1-19(2)16-32(17-20(3)4)39(35,36)22-8-6-21(7-9-22)26(33)29-27-25(28(34)31-12-14-37-15-13-31)23-10-11-30(5)18-24(23)38-27/h6-9,19-20H,10-18H2,1-5H3,(H,29,33). The summed E-state index contributed by atoms with van der Waals surface area (Å²) in [7, 11) is -1.65. The number of ether oxygens (including phenoxy) is 1. The SMILES string of the molecule is CC(C)CN(CC(C)C)S(=O)(=O)c1ccc(C(=O)Nc2sc3c(c2C(=O)N2CCOCC2)CCN(C)C3)cc1. The summed E-state index contributed by atoms with van der Waals surface area (Å²) in [6.07, 6.45) is 0.749. The molecule has 4 rings (SSSR count). The maximum Gasteiger partial charge on any atom is 0.257 e. The van der Waals surface area contributed by atoms with E-state index >= 15 is 0 Å². The van der Waals surface area contributed by atoms with Gasteiger partial charge in [-0.2, -0.15) is 4.31 Å². The highest BCUT2D eigenvalue weighted by Gasteiger charge is 2.31. The predicted octanol–water partition coefficient (Wildman–Crippen LogP) is 3.76. The molecule has 1 saturated heterocycles. The number of sulfonamides is 1. The third-order valence-electron chi connectivity index (χ3n) is 6.88. The summed E-state index contributed by atoms with van der Waals surface area (Å²) in [5.41, 5.74) is 1.93. The average Bonchev–Trinajstić information content (AvgIpc) is 3.24. The Morgan fingerprint density at radius 2 is 1.64 bits per heavy atom. The molecular formula is C28H40N4O5S2. The fourth-order valence-electron chi connectivity index (χ4n) is 4.96. The van der Waals surface area contributed by atoms with Crippen LogP contribution in [0.3, 0.4) is 0 Å². The van der Waals surface area contributed by atoms with Crippen LogP contribution in [0.1, 0.15) is 58.9 Å². The van der Waals surface area contributed by atoms with Crippen LogP contribution in [0.15, 0.2) is 29.2 Å². The van der Waals surface area contributed by atoms with Gasteiger partial charge in [0.2, 0.25) is 10.0 Å². The first-order valence-corrected chi connectivity index (χ1v) is 15.8. The third-order valence-corrected chi connectivity index (χ3v) is 9.86. The Morgan fingerprint density at radius 1 is 1.03 bits per heavy atom. The van der Waals surface area contributed by atoms with Crippen molar-refractivity contribution in [1.29, 1.82) is 0 Å². The molecule has 0 bridgehead atoms. The fourth-order valence-corrected chi connectivity index (χ4v) is 8.04. The van der Waals surface area contributed by atoms with Crippen molar-refractivity contribution < 1.29 is 22.7 Å². The number of hydrogen-bond acceptors (Lipinski definition) is 7. The van der Waals surface area contributed by atoms with E-state index in [1.165, 1.54) is 39.9 Å². The molecule has 2 aromatic rings. The molecule has 1 N–H and O–H groups in total. The highest BCUT2D eigenvalue weighted by Crippen LogP contribution is 2.38. The summed E-state index contributed by atoms with van der Waals surface area (Å²) < 4.78 is 33.7. The maximum atomic E-state index is 13.6. The van der Waals surface area contributed by atoms with Crippen molar-refractivity contribution in [3.8, 4) is 0 Å². The van der Waals surface area contributed by atoms with Crippen molar-refractivity contribution >= 4 is 38.2 Å². The molecule has 39 heavy (non-hydrogen) atoms. The highest BCUT2D eigenvalue weighted by atomic mass is 32.2. The van der Waals surface area contributed by atoms with Crippen LogP contribution in [0, 0.1) is 11.8 Å². The lowest BCUT2D eigenvalue weighted by Crippen LogP contribution is -2.41. The number of nitrogens with zero attached hydrogens (tertiary/aromatic N) is 3. The van der Waals surface area contributed by atoms with Crippen molar-refractivity contribution in [1.82, 2.24) is 14.1 Å². The van der Waals surface area contributed by atoms with Gasteiger partial charge in [-0.05, 0) is 55.1 Å². The van der Waals surface area contributed by atoms with Crippen LogP contribution < -0.4 is 5.32 Å². The lowest BCUT2D eigenvalue weighted by molar-refractivity contribution is 0.0303. The molecule has 11 heteroatoms. The van der Waals surface area contributed by atoms with E-state index in [2.05, 4.69) is 10.2 Å². The van der Waals surface area contributed by atoms with Gasteiger partial charge in [-0.25, -0.2) is 8.42 Å². The Kier molecular flexibility index (Phi) is 9.49. The van der Waals surface area contributed by atoms with Crippen molar-refractivity contribution in [3.05, 3.63) is 45.8 Å². The first kappa shape index (κ1) is 29.7. The number of thiophene rings is 1. The molecule has 2 aliphatic heterocycles. The maximum absolute atomic E-state index is 13.6. The molecule has 214 valence electrons. The molecule has 0 spiro atoms. The molecule has 1 aromatic heterocycles. The number of fused-ring (bicyclic) bond motifs is 1. The quantitative estimate of drug-likeness (QED) is 0.488. The summed E-state index contributed by atoms with van der Waals surface area (Å²) in [6, 6.07) is 6.06. The number of amides is 2. The van der Waals surface area contributed by atoms with E-state index in [4.69, 9.17) is 4.74 Å². The number of likely N-dealkylation sites (N-methyl/N-ethyl adjacent to an activating group) is 1. The highest BCUT2D eigenvalue weighted by molar-refractivity contribution is 7.89. The van der Waals surface area contributed by atoms with Gasteiger partial charge in [-0.15, -0.1) is 11.3 Å². The summed E-state index contributed by atoms with van der Waals surface area (Å²) in [5, 5.41) is 3.52. The minimum atomic E-state index is -3.69. The number of anilines is 1. The molecular weight excluding hydrogens is 536 g/mol. The van der Waals surface area contributed by atoms with Crippen LogP contribution in [0.2, 0.25) is 0 Å². The second-order valence-electron chi connectivity index (χ2n) is 11.2. The Hall–Kier alpha value is -2.31. The molecule has 3 heterocycles. The predicted molar refractivity (Wildman–Crippen MR) is 154 cm³/mol. The zero-order valence-electron chi connectivity index (χ0n) is 23.5. The summed E-state index contributed by atoms with van der Waals surface area (Å²) in [5.74, 6) is -0.0701. The van der Waals surface area contributed by atoms with Gasteiger partial charge in [0, 0.05) is 49.7 Å². The zero-order chi connectivity index (χ0) is 28.3. The number of hydrogen-bond donors (Lipinski definition) is 1. The summed E-state index contributed by atoms with van der Waals surface area (Å²) in [6.45, 7) is 12.5. The number of rotatable bonds is 9. The molecule has 1 fully saturated rings. The Bertz CT molecular complexity index is 1270. The van der Waals surface area contributed by atoms with E-state index in [1.54, 1.807) is 4.90 Å². The molecule has 1 aromatic carbocycles. The first-order valence-electron chi connectivity index (χ1n) is 13.6.